The molecule has 0 aliphatic rings. The largest absolute Gasteiger partial charge is 0.389 e. The number of rotatable bonds is 6. The van der Waals surface area contributed by atoms with Crippen molar-refractivity contribution < 1.29 is 9.50 Å². The van der Waals surface area contributed by atoms with Crippen LogP contribution in [0.3, 0.4) is 0 Å². The SMILES string of the molecule is CC(C)(O)CN(Cc1ccccc1)Cc1ccccc1F. The summed E-state index contributed by atoms with van der Waals surface area (Å²) in [4.78, 5) is 2.06. The van der Waals surface area contributed by atoms with Gasteiger partial charge in [0.25, 0.3) is 0 Å². The van der Waals surface area contributed by atoms with Crippen molar-refractivity contribution in [3.05, 3.63) is 71.5 Å². The van der Waals surface area contributed by atoms with Crippen molar-refractivity contribution in [3.63, 3.8) is 0 Å². The van der Waals surface area contributed by atoms with Gasteiger partial charge in [-0.3, -0.25) is 4.90 Å². The van der Waals surface area contributed by atoms with E-state index in [0.29, 0.717) is 25.2 Å². The van der Waals surface area contributed by atoms with Crippen LogP contribution in [0.25, 0.3) is 0 Å². The van der Waals surface area contributed by atoms with Crippen molar-refractivity contribution in [1.82, 2.24) is 4.90 Å². The van der Waals surface area contributed by atoms with Gasteiger partial charge >= 0.3 is 0 Å². The summed E-state index contributed by atoms with van der Waals surface area (Å²) < 4.78 is 13.8. The molecule has 0 unspecified atom stereocenters. The highest BCUT2D eigenvalue weighted by molar-refractivity contribution is 5.18. The van der Waals surface area contributed by atoms with Gasteiger partial charge < -0.3 is 5.11 Å². The lowest BCUT2D eigenvalue weighted by Gasteiger charge is -2.29. The Morgan fingerprint density at radius 1 is 0.952 bits per heavy atom. The van der Waals surface area contributed by atoms with Gasteiger partial charge in [0.15, 0.2) is 0 Å². The lowest BCUT2D eigenvalue weighted by Crippen LogP contribution is -2.38. The van der Waals surface area contributed by atoms with Crippen molar-refractivity contribution in [3.8, 4) is 0 Å². The standard InChI is InChI=1S/C18H22FNO/c1-18(2,21)14-20(12-15-8-4-3-5-9-15)13-16-10-6-7-11-17(16)19/h3-11,21H,12-14H2,1-2H3. The maximum Gasteiger partial charge on any atom is 0.127 e. The van der Waals surface area contributed by atoms with Gasteiger partial charge in [-0.1, -0.05) is 48.5 Å². The average molecular weight is 287 g/mol. The molecule has 0 fully saturated rings. The van der Waals surface area contributed by atoms with Gasteiger partial charge in [-0.05, 0) is 25.5 Å². The van der Waals surface area contributed by atoms with E-state index in [2.05, 4.69) is 4.90 Å². The molecule has 0 bridgehead atoms. The number of hydrogen-bond donors (Lipinski definition) is 1. The Labute approximate surface area is 125 Å². The molecular weight excluding hydrogens is 265 g/mol. The van der Waals surface area contributed by atoms with E-state index in [0.717, 1.165) is 5.56 Å². The molecule has 2 aromatic rings. The molecule has 0 amide bonds. The van der Waals surface area contributed by atoms with Crippen LogP contribution in [0.15, 0.2) is 54.6 Å². The van der Waals surface area contributed by atoms with Crippen LogP contribution in [-0.2, 0) is 13.1 Å². The molecule has 0 heterocycles. The van der Waals surface area contributed by atoms with E-state index in [1.165, 1.54) is 6.07 Å². The van der Waals surface area contributed by atoms with E-state index < -0.39 is 5.60 Å². The van der Waals surface area contributed by atoms with Gasteiger partial charge in [-0.15, -0.1) is 0 Å². The predicted molar refractivity (Wildman–Crippen MR) is 83.3 cm³/mol. The summed E-state index contributed by atoms with van der Waals surface area (Å²) in [6.45, 7) is 5.18. The normalized spacial score (nSPS) is 11.9. The second-order valence-electron chi connectivity index (χ2n) is 6.03. The Bertz CT molecular complexity index is 563. The zero-order chi connectivity index (χ0) is 15.3. The third kappa shape index (κ3) is 5.29. The molecule has 2 nitrogen and oxygen atoms in total. The summed E-state index contributed by atoms with van der Waals surface area (Å²) in [5, 5.41) is 10.1. The Hall–Kier alpha value is -1.71. The highest BCUT2D eigenvalue weighted by Crippen LogP contribution is 2.16. The molecule has 0 saturated carbocycles. The van der Waals surface area contributed by atoms with E-state index in [4.69, 9.17) is 0 Å². The lowest BCUT2D eigenvalue weighted by molar-refractivity contribution is 0.0303. The summed E-state index contributed by atoms with van der Waals surface area (Å²) in [6, 6.07) is 16.8. The first-order valence-corrected chi connectivity index (χ1v) is 7.16. The van der Waals surface area contributed by atoms with Gasteiger partial charge in [0.1, 0.15) is 5.82 Å². The topological polar surface area (TPSA) is 23.5 Å². The fourth-order valence-electron chi connectivity index (χ4n) is 2.42. The quantitative estimate of drug-likeness (QED) is 0.877. The molecule has 21 heavy (non-hydrogen) atoms. The smallest absolute Gasteiger partial charge is 0.127 e. The Kier molecular flexibility index (Phi) is 5.10. The molecule has 0 aliphatic carbocycles. The summed E-state index contributed by atoms with van der Waals surface area (Å²) in [6.07, 6.45) is 0. The summed E-state index contributed by atoms with van der Waals surface area (Å²) >= 11 is 0. The van der Waals surface area contributed by atoms with Crippen LogP contribution >= 0.6 is 0 Å². The predicted octanol–water partition coefficient (Wildman–Crippen LogP) is 3.60. The molecular formula is C18H22FNO. The lowest BCUT2D eigenvalue weighted by atomic mass is 10.1. The summed E-state index contributed by atoms with van der Waals surface area (Å²) in [7, 11) is 0. The second-order valence-corrected chi connectivity index (χ2v) is 6.03. The number of aliphatic hydroxyl groups is 1. The van der Waals surface area contributed by atoms with Crippen LogP contribution in [-0.4, -0.2) is 22.2 Å². The monoisotopic (exact) mass is 287 g/mol. The van der Waals surface area contributed by atoms with Gasteiger partial charge in [0.05, 0.1) is 5.60 Å². The average Bonchev–Trinajstić information content (AvgIpc) is 2.41. The fraction of sp³-hybridized carbons (Fsp3) is 0.333. The Morgan fingerprint density at radius 2 is 1.57 bits per heavy atom. The molecule has 0 saturated heterocycles. The molecule has 3 heteroatoms. The van der Waals surface area contributed by atoms with E-state index in [-0.39, 0.29) is 5.82 Å². The van der Waals surface area contributed by atoms with Crippen LogP contribution in [0, 0.1) is 5.82 Å². The van der Waals surface area contributed by atoms with Gasteiger partial charge in [-0.2, -0.15) is 0 Å². The number of nitrogens with zero attached hydrogens (tertiary/aromatic N) is 1. The van der Waals surface area contributed by atoms with Crippen LogP contribution in [0.5, 0.6) is 0 Å². The highest BCUT2D eigenvalue weighted by atomic mass is 19.1. The van der Waals surface area contributed by atoms with Crippen LogP contribution in [0.1, 0.15) is 25.0 Å². The fourth-order valence-corrected chi connectivity index (χ4v) is 2.42. The minimum Gasteiger partial charge on any atom is -0.389 e. The summed E-state index contributed by atoms with van der Waals surface area (Å²) in [5.74, 6) is -0.202. The summed E-state index contributed by atoms with van der Waals surface area (Å²) in [5.41, 5.74) is 0.982. The number of benzene rings is 2. The molecule has 2 aromatic carbocycles. The van der Waals surface area contributed by atoms with Crippen LogP contribution in [0.4, 0.5) is 4.39 Å². The maximum absolute atomic E-state index is 13.8. The van der Waals surface area contributed by atoms with Crippen LogP contribution < -0.4 is 0 Å². The molecule has 112 valence electrons. The van der Waals surface area contributed by atoms with Crippen molar-refractivity contribution in [2.75, 3.05) is 6.54 Å². The van der Waals surface area contributed by atoms with Gasteiger partial charge in [-0.25, -0.2) is 4.39 Å². The first-order chi connectivity index (χ1) is 9.94. The van der Waals surface area contributed by atoms with E-state index in [1.807, 2.05) is 36.4 Å². The Balaban J connectivity index is 2.14. The highest BCUT2D eigenvalue weighted by Gasteiger charge is 2.19. The first kappa shape index (κ1) is 15.7. The van der Waals surface area contributed by atoms with Gasteiger partial charge in [0, 0.05) is 25.2 Å². The molecule has 0 radical (unpaired) electrons. The van der Waals surface area contributed by atoms with Crippen molar-refractivity contribution in [1.29, 1.82) is 0 Å². The number of halogens is 1. The molecule has 2 rings (SSSR count). The third-order valence-electron chi connectivity index (χ3n) is 3.21. The van der Waals surface area contributed by atoms with E-state index >= 15 is 0 Å². The zero-order valence-corrected chi connectivity index (χ0v) is 12.6. The third-order valence-corrected chi connectivity index (χ3v) is 3.21. The number of hydrogen-bond acceptors (Lipinski definition) is 2. The molecule has 0 aliphatic heterocycles. The second kappa shape index (κ2) is 6.83. The minimum absolute atomic E-state index is 0.202. The minimum atomic E-state index is -0.819. The molecule has 0 spiro atoms. The zero-order valence-electron chi connectivity index (χ0n) is 12.6. The van der Waals surface area contributed by atoms with E-state index in [9.17, 15) is 9.50 Å². The van der Waals surface area contributed by atoms with Crippen LogP contribution in [0.2, 0.25) is 0 Å². The van der Waals surface area contributed by atoms with Crippen molar-refractivity contribution in [2.45, 2.75) is 32.5 Å². The Morgan fingerprint density at radius 3 is 2.19 bits per heavy atom. The first-order valence-electron chi connectivity index (χ1n) is 7.16. The van der Waals surface area contributed by atoms with Gasteiger partial charge in [0.2, 0.25) is 0 Å². The van der Waals surface area contributed by atoms with E-state index in [1.54, 1.807) is 26.0 Å². The van der Waals surface area contributed by atoms with Crippen molar-refractivity contribution >= 4 is 0 Å². The maximum atomic E-state index is 13.8. The molecule has 0 atom stereocenters. The molecule has 1 N–H and O–H groups in total. The van der Waals surface area contributed by atoms with Crippen molar-refractivity contribution in [2.24, 2.45) is 0 Å². The molecule has 0 aromatic heterocycles.